The summed E-state index contributed by atoms with van der Waals surface area (Å²) in [5.74, 6) is -1.55. The zero-order chi connectivity index (χ0) is 16.8. The number of nitrogens with one attached hydrogen (secondary N) is 2. The van der Waals surface area contributed by atoms with Crippen molar-refractivity contribution in [3.8, 4) is 0 Å². The van der Waals surface area contributed by atoms with Gasteiger partial charge >= 0.3 is 5.97 Å². The Bertz CT molecular complexity index is 741. The van der Waals surface area contributed by atoms with E-state index in [0.717, 1.165) is 0 Å². The summed E-state index contributed by atoms with van der Waals surface area (Å²) in [6, 6.07) is 9.35. The summed E-state index contributed by atoms with van der Waals surface area (Å²) in [5, 5.41) is 5.02. The molecule has 0 bridgehead atoms. The van der Waals surface area contributed by atoms with Crippen LogP contribution in [0.3, 0.4) is 0 Å². The van der Waals surface area contributed by atoms with E-state index >= 15 is 0 Å². The quantitative estimate of drug-likeness (QED) is 0.774. The first kappa shape index (κ1) is 16.8. The number of hydrogen-bond acceptors (Lipinski definition) is 5. The SMILES string of the molecule is CNC(=O)c1cccc(NC(=O)COC(=O)c2ccc(Br)o2)c1. The van der Waals surface area contributed by atoms with Crippen molar-refractivity contribution < 1.29 is 23.5 Å². The van der Waals surface area contributed by atoms with Crippen LogP contribution < -0.4 is 10.6 Å². The molecule has 1 heterocycles. The molecule has 2 N–H and O–H groups in total. The number of ether oxygens (including phenoxy) is 1. The standard InChI is InChI=1S/C15H13BrN2O5/c1-17-14(20)9-3-2-4-10(7-9)18-13(19)8-22-15(21)11-5-6-12(16)23-11/h2-7H,8H2,1H3,(H,17,20)(H,18,19). The highest BCUT2D eigenvalue weighted by Gasteiger charge is 2.14. The molecule has 1 aromatic heterocycles. The average Bonchev–Trinajstić information content (AvgIpc) is 2.98. The van der Waals surface area contributed by atoms with Crippen LogP contribution in [0.4, 0.5) is 5.69 Å². The molecule has 0 spiro atoms. The molecule has 0 atom stereocenters. The Morgan fingerprint density at radius 1 is 1.22 bits per heavy atom. The number of carbonyl (C=O) groups is 3. The highest BCUT2D eigenvalue weighted by atomic mass is 79.9. The summed E-state index contributed by atoms with van der Waals surface area (Å²) in [6.45, 7) is -0.471. The summed E-state index contributed by atoms with van der Waals surface area (Å²) in [5.41, 5.74) is 0.829. The molecule has 0 unspecified atom stereocenters. The van der Waals surface area contributed by atoms with Gasteiger partial charge in [0, 0.05) is 18.3 Å². The molecule has 0 saturated heterocycles. The van der Waals surface area contributed by atoms with Gasteiger partial charge in [-0.3, -0.25) is 9.59 Å². The molecule has 2 rings (SSSR count). The van der Waals surface area contributed by atoms with Gasteiger partial charge in [-0.05, 0) is 46.3 Å². The van der Waals surface area contributed by atoms with E-state index in [4.69, 9.17) is 9.15 Å². The highest BCUT2D eigenvalue weighted by molar-refractivity contribution is 9.10. The molecule has 23 heavy (non-hydrogen) atoms. The molecule has 7 nitrogen and oxygen atoms in total. The number of anilines is 1. The number of benzene rings is 1. The largest absolute Gasteiger partial charge is 0.450 e. The highest BCUT2D eigenvalue weighted by Crippen LogP contribution is 2.15. The summed E-state index contributed by atoms with van der Waals surface area (Å²) in [4.78, 5) is 34.9. The number of esters is 1. The fourth-order valence-corrected chi connectivity index (χ4v) is 2.01. The fraction of sp³-hybridized carbons (Fsp3) is 0.133. The van der Waals surface area contributed by atoms with Crippen molar-refractivity contribution in [3.05, 3.63) is 52.4 Å². The summed E-state index contributed by atoms with van der Waals surface area (Å²) >= 11 is 3.06. The summed E-state index contributed by atoms with van der Waals surface area (Å²) in [6.07, 6.45) is 0. The zero-order valence-corrected chi connectivity index (χ0v) is 13.7. The minimum Gasteiger partial charge on any atom is -0.450 e. The predicted molar refractivity (Wildman–Crippen MR) is 85.2 cm³/mol. The van der Waals surface area contributed by atoms with Gasteiger partial charge < -0.3 is 19.8 Å². The van der Waals surface area contributed by atoms with E-state index in [2.05, 4.69) is 26.6 Å². The number of hydrogen-bond donors (Lipinski definition) is 2. The lowest BCUT2D eigenvalue weighted by Crippen LogP contribution is -2.21. The maximum Gasteiger partial charge on any atom is 0.374 e. The first-order valence-electron chi connectivity index (χ1n) is 6.54. The maximum absolute atomic E-state index is 11.8. The second kappa shape index (κ2) is 7.59. The molecule has 0 aliphatic carbocycles. The Hall–Kier alpha value is -2.61. The Morgan fingerprint density at radius 2 is 2.00 bits per heavy atom. The van der Waals surface area contributed by atoms with Crippen LogP contribution in [0.2, 0.25) is 0 Å². The average molecular weight is 381 g/mol. The lowest BCUT2D eigenvalue weighted by Gasteiger charge is -2.07. The molecule has 0 aliphatic heterocycles. The Morgan fingerprint density at radius 3 is 2.65 bits per heavy atom. The molecule has 0 saturated carbocycles. The first-order valence-corrected chi connectivity index (χ1v) is 7.33. The van der Waals surface area contributed by atoms with Crippen LogP contribution in [0.15, 0.2) is 45.5 Å². The number of rotatable bonds is 5. The lowest BCUT2D eigenvalue weighted by atomic mass is 10.2. The van der Waals surface area contributed by atoms with E-state index < -0.39 is 18.5 Å². The van der Waals surface area contributed by atoms with Gasteiger partial charge in [0.25, 0.3) is 11.8 Å². The van der Waals surface area contributed by atoms with Crippen molar-refractivity contribution >= 4 is 39.4 Å². The van der Waals surface area contributed by atoms with Crippen LogP contribution in [0, 0.1) is 0 Å². The molecule has 120 valence electrons. The van der Waals surface area contributed by atoms with Crippen molar-refractivity contribution in [2.75, 3.05) is 19.0 Å². The molecular formula is C15H13BrN2O5. The van der Waals surface area contributed by atoms with Gasteiger partial charge in [0.1, 0.15) is 0 Å². The van der Waals surface area contributed by atoms with Gasteiger partial charge in [0.2, 0.25) is 5.76 Å². The van der Waals surface area contributed by atoms with Gasteiger partial charge in [-0.1, -0.05) is 6.07 Å². The van der Waals surface area contributed by atoms with Crippen molar-refractivity contribution in [3.63, 3.8) is 0 Å². The van der Waals surface area contributed by atoms with Gasteiger partial charge in [0.15, 0.2) is 11.3 Å². The van der Waals surface area contributed by atoms with Crippen molar-refractivity contribution in [2.24, 2.45) is 0 Å². The monoisotopic (exact) mass is 380 g/mol. The van der Waals surface area contributed by atoms with Crippen LogP contribution in [0.1, 0.15) is 20.9 Å². The maximum atomic E-state index is 11.8. The van der Waals surface area contributed by atoms with Gasteiger partial charge in [-0.25, -0.2) is 4.79 Å². The van der Waals surface area contributed by atoms with Crippen molar-refractivity contribution in [1.82, 2.24) is 5.32 Å². The molecule has 0 aliphatic rings. The van der Waals surface area contributed by atoms with Crippen molar-refractivity contribution in [1.29, 1.82) is 0 Å². The number of furan rings is 1. The second-order valence-electron chi connectivity index (χ2n) is 4.39. The van der Waals surface area contributed by atoms with E-state index in [9.17, 15) is 14.4 Å². The van der Waals surface area contributed by atoms with Gasteiger partial charge in [-0.15, -0.1) is 0 Å². The number of halogens is 1. The van der Waals surface area contributed by atoms with Gasteiger partial charge in [-0.2, -0.15) is 0 Å². The minimum atomic E-state index is -0.745. The van der Waals surface area contributed by atoms with Crippen LogP contribution >= 0.6 is 15.9 Å². The fourth-order valence-electron chi connectivity index (χ4n) is 1.71. The zero-order valence-electron chi connectivity index (χ0n) is 12.1. The van der Waals surface area contributed by atoms with Gasteiger partial charge in [0.05, 0.1) is 0 Å². The number of carbonyl (C=O) groups excluding carboxylic acids is 3. The lowest BCUT2D eigenvalue weighted by molar-refractivity contribution is -0.119. The van der Waals surface area contributed by atoms with Crippen LogP contribution in [0.25, 0.3) is 0 Å². The predicted octanol–water partition coefficient (Wildman–Crippen LogP) is 2.20. The van der Waals surface area contributed by atoms with Crippen LogP contribution in [0.5, 0.6) is 0 Å². The van der Waals surface area contributed by atoms with E-state index in [-0.39, 0.29) is 11.7 Å². The number of amides is 2. The normalized spacial score (nSPS) is 10.0. The first-order chi connectivity index (χ1) is 11.0. The Labute approximate surface area is 140 Å². The van der Waals surface area contributed by atoms with E-state index in [1.54, 1.807) is 24.3 Å². The molecule has 0 radical (unpaired) electrons. The molecule has 0 fully saturated rings. The molecule has 2 amide bonds. The molecule has 8 heteroatoms. The van der Waals surface area contributed by atoms with Crippen LogP contribution in [-0.2, 0) is 9.53 Å². The minimum absolute atomic E-state index is 0.00807. The smallest absolute Gasteiger partial charge is 0.374 e. The Kier molecular flexibility index (Phi) is 5.53. The molecule has 2 aromatic rings. The van der Waals surface area contributed by atoms with E-state index in [0.29, 0.717) is 15.9 Å². The summed E-state index contributed by atoms with van der Waals surface area (Å²) < 4.78 is 10.2. The van der Waals surface area contributed by atoms with E-state index in [1.807, 2.05) is 0 Å². The Balaban J connectivity index is 1.90. The van der Waals surface area contributed by atoms with Crippen LogP contribution in [-0.4, -0.2) is 31.4 Å². The third-order valence-corrected chi connectivity index (χ3v) is 3.17. The molecule has 1 aromatic carbocycles. The van der Waals surface area contributed by atoms with Crippen molar-refractivity contribution in [2.45, 2.75) is 0 Å². The molecular weight excluding hydrogens is 368 g/mol. The topological polar surface area (TPSA) is 97.6 Å². The summed E-state index contributed by atoms with van der Waals surface area (Å²) in [7, 11) is 1.51. The third kappa shape index (κ3) is 4.68. The second-order valence-corrected chi connectivity index (χ2v) is 5.17. The van der Waals surface area contributed by atoms with E-state index in [1.165, 1.54) is 19.2 Å². The third-order valence-electron chi connectivity index (χ3n) is 2.74.